The Bertz CT molecular complexity index is 936. The average Bonchev–Trinajstić information content (AvgIpc) is 3.33. The summed E-state index contributed by atoms with van der Waals surface area (Å²) in [6.45, 7) is 2.10. The van der Waals surface area contributed by atoms with Gasteiger partial charge in [0, 0.05) is 23.7 Å². The Kier molecular flexibility index (Phi) is 5.35. The quantitative estimate of drug-likeness (QED) is 0.691. The van der Waals surface area contributed by atoms with E-state index in [0.717, 1.165) is 35.5 Å². The lowest BCUT2D eigenvalue weighted by molar-refractivity contribution is 0.286. The zero-order valence-electron chi connectivity index (χ0n) is 16.5. The van der Waals surface area contributed by atoms with Crippen LogP contribution in [0.25, 0.3) is 22.5 Å². The SMILES string of the molecule is COc1cc(-c2c(-c3ccccc3)ncn2CC[C@H]2CCCN2C)ccc1O. The molecule has 5 nitrogen and oxygen atoms in total. The number of benzene rings is 2. The van der Waals surface area contributed by atoms with Crippen molar-refractivity contribution in [1.29, 1.82) is 0 Å². The highest BCUT2D eigenvalue weighted by atomic mass is 16.5. The highest BCUT2D eigenvalue weighted by Crippen LogP contribution is 2.36. The third-order valence-corrected chi connectivity index (χ3v) is 5.71. The summed E-state index contributed by atoms with van der Waals surface area (Å²) in [5.41, 5.74) is 4.09. The second-order valence-corrected chi connectivity index (χ2v) is 7.45. The molecular formula is C23H27N3O2. The van der Waals surface area contributed by atoms with Gasteiger partial charge in [-0.1, -0.05) is 30.3 Å². The Morgan fingerprint density at radius 3 is 2.68 bits per heavy atom. The van der Waals surface area contributed by atoms with Crippen molar-refractivity contribution in [2.45, 2.75) is 31.8 Å². The van der Waals surface area contributed by atoms with Gasteiger partial charge in [-0.25, -0.2) is 4.98 Å². The van der Waals surface area contributed by atoms with Gasteiger partial charge in [0.1, 0.15) is 0 Å². The van der Waals surface area contributed by atoms with E-state index in [1.807, 2.05) is 36.7 Å². The number of hydrogen-bond acceptors (Lipinski definition) is 4. The third kappa shape index (κ3) is 3.62. The molecule has 1 atom stereocenters. The molecule has 1 saturated heterocycles. The fourth-order valence-corrected chi connectivity index (χ4v) is 4.12. The summed E-state index contributed by atoms with van der Waals surface area (Å²) in [4.78, 5) is 7.21. The fraction of sp³-hybridized carbons (Fsp3) is 0.348. The molecule has 0 amide bonds. The van der Waals surface area contributed by atoms with Crippen molar-refractivity contribution < 1.29 is 9.84 Å². The second-order valence-electron chi connectivity index (χ2n) is 7.45. The Balaban J connectivity index is 1.73. The van der Waals surface area contributed by atoms with Crippen LogP contribution in [0.2, 0.25) is 0 Å². The molecule has 146 valence electrons. The topological polar surface area (TPSA) is 50.5 Å². The summed E-state index contributed by atoms with van der Waals surface area (Å²) in [5.74, 6) is 0.617. The number of aryl methyl sites for hydroxylation is 1. The summed E-state index contributed by atoms with van der Waals surface area (Å²) >= 11 is 0. The number of methoxy groups -OCH3 is 1. The highest BCUT2D eigenvalue weighted by molar-refractivity contribution is 5.79. The normalized spacial score (nSPS) is 17.1. The minimum absolute atomic E-state index is 0.145. The number of phenols is 1. The molecule has 0 unspecified atom stereocenters. The molecule has 0 spiro atoms. The van der Waals surface area contributed by atoms with E-state index >= 15 is 0 Å². The molecule has 28 heavy (non-hydrogen) atoms. The molecule has 1 N–H and O–H groups in total. The lowest BCUT2D eigenvalue weighted by Crippen LogP contribution is -2.26. The van der Waals surface area contributed by atoms with E-state index in [0.29, 0.717) is 11.8 Å². The summed E-state index contributed by atoms with van der Waals surface area (Å²) in [5, 5.41) is 10.0. The first-order valence-corrected chi connectivity index (χ1v) is 9.85. The first-order chi connectivity index (χ1) is 13.7. The molecule has 1 aliphatic heterocycles. The van der Waals surface area contributed by atoms with Crippen LogP contribution in [0.1, 0.15) is 19.3 Å². The molecule has 1 fully saturated rings. The van der Waals surface area contributed by atoms with Crippen LogP contribution in [0.4, 0.5) is 0 Å². The monoisotopic (exact) mass is 377 g/mol. The van der Waals surface area contributed by atoms with Crippen LogP contribution in [0.15, 0.2) is 54.9 Å². The van der Waals surface area contributed by atoms with Crippen LogP contribution in [0, 0.1) is 0 Å². The zero-order valence-corrected chi connectivity index (χ0v) is 16.5. The van der Waals surface area contributed by atoms with Crippen LogP contribution in [-0.2, 0) is 6.54 Å². The number of ether oxygens (including phenoxy) is 1. The van der Waals surface area contributed by atoms with Gasteiger partial charge in [0.2, 0.25) is 0 Å². The molecule has 0 aliphatic carbocycles. The molecule has 0 bridgehead atoms. The van der Waals surface area contributed by atoms with Gasteiger partial charge in [0.05, 0.1) is 24.8 Å². The predicted molar refractivity (Wildman–Crippen MR) is 112 cm³/mol. The number of aromatic nitrogens is 2. The largest absolute Gasteiger partial charge is 0.504 e. The van der Waals surface area contributed by atoms with Crippen molar-refractivity contribution in [1.82, 2.24) is 14.5 Å². The number of aromatic hydroxyl groups is 1. The molecule has 0 radical (unpaired) electrons. The summed E-state index contributed by atoms with van der Waals surface area (Å²) in [6.07, 6.45) is 5.58. The number of likely N-dealkylation sites (tertiary alicyclic amines) is 1. The van der Waals surface area contributed by atoms with Crippen molar-refractivity contribution in [3.8, 4) is 34.0 Å². The maximum absolute atomic E-state index is 10.0. The lowest BCUT2D eigenvalue weighted by Gasteiger charge is -2.20. The molecule has 0 saturated carbocycles. The van der Waals surface area contributed by atoms with Crippen molar-refractivity contribution in [3.63, 3.8) is 0 Å². The first-order valence-electron chi connectivity index (χ1n) is 9.85. The smallest absolute Gasteiger partial charge is 0.161 e. The number of hydrogen-bond donors (Lipinski definition) is 1. The molecule has 3 aromatic rings. The molecule has 1 aliphatic rings. The van der Waals surface area contributed by atoms with Gasteiger partial charge in [-0.05, 0) is 51.1 Å². The maximum atomic E-state index is 10.0. The van der Waals surface area contributed by atoms with Crippen LogP contribution in [-0.4, -0.2) is 46.3 Å². The second kappa shape index (κ2) is 8.07. The van der Waals surface area contributed by atoms with Crippen LogP contribution >= 0.6 is 0 Å². The Labute approximate surface area is 166 Å². The standard InChI is InChI=1S/C23H27N3O2/c1-25-13-6-9-19(25)12-14-26-16-24-22(17-7-4-3-5-8-17)23(26)18-10-11-20(27)21(15-18)28-2/h3-5,7-8,10-11,15-16,19,27H,6,9,12-14H2,1-2H3/t19-/m1/s1. The van der Waals surface area contributed by atoms with Gasteiger partial charge in [-0.15, -0.1) is 0 Å². The van der Waals surface area contributed by atoms with Crippen LogP contribution < -0.4 is 4.74 Å². The van der Waals surface area contributed by atoms with E-state index in [1.165, 1.54) is 19.4 Å². The van der Waals surface area contributed by atoms with E-state index in [4.69, 9.17) is 9.72 Å². The van der Waals surface area contributed by atoms with E-state index in [2.05, 4.69) is 28.6 Å². The minimum Gasteiger partial charge on any atom is -0.504 e. The number of rotatable bonds is 6. The van der Waals surface area contributed by atoms with Crippen LogP contribution in [0.3, 0.4) is 0 Å². The Morgan fingerprint density at radius 2 is 1.96 bits per heavy atom. The Hall–Kier alpha value is -2.79. The van der Waals surface area contributed by atoms with Crippen molar-refractivity contribution >= 4 is 0 Å². The van der Waals surface area contributed by atoms with Gasteiger partial charge in [-0.3, -0.25) is 0 Å². The molecule has 2 aromatic carbocycles. The molecule has 5 heteroatoms. The van der Waals surface area contributed by atoms with Crippen molar-refractivity contribution in [3.05, 3.63) is 54.9 Å². The zero-order chi connectivity index (χ0) is 19.5. The number of nitrogens with zero attached hydrogens (tertiary/aromatic N) is 3. The number of imidazole rings is 1. The number of phenolic OH excluding ortho intramolecular Hbond substituents is 1. The predicted octanol–water partition coefficient (Wildman–Crippen LogP) is 4.42. The average molecular weight is 377 g/mol. The highest BCUT2D eigenvalue weighted by Gasteiger charge is 2.22. The minimum atomic E-state index is 0.145. The van der Waals surface area contributed by atoms with Gasteiger partial charge < -0.3 is 19.3 Å². The van der Waals surface area contributed by atoms with Gasteiger partial charge in [0.15, 0.2) is 11.5 Å². The molecule has 2 heterocycles. The maximum Gasteiger partial charge on any atom is 0.161 e. The Morgan fingerprint density at radius 1 is 1.14 bits per heavy atom. The summed E-state index contributed by atoms with van der Waals surface area (Å²) in [6, 6.07) is 16.4. The van der Waals surface area contributed by atoms with E-state index in [9.17, 15) is 5.11 Å². The summed E-state index contributed by atoms with van der Waals surface area (Å²) < 4.78 is 7.57. The van der Waals surface area contributed by atoms with Gasteiger partial charge >= 0.3 is 0 Å². The van der Waals surface area contributed by atoms with E-state index in [1.54, 1.807) is 13.2 Å². The molecular weight excluding hydrogens is 350 g/mol. The van der Waals surface area contributed by atoms with E-state index in [-0.39, 0.29) is 5.75 Å². The van der Waals surface area contributed by atoms with Gasteiger partial charge in [-0.2, -0.15) is 0 Å². The van der Waals surface area contributed by atoms with Crippen molar-refractivity contribution in [2.24, 2.45) is 0 Å². The van der Waals surface area contributed by atoms with Crippen molar-refractivity contribution in [2.75, 3.05) is 20.7 Å². The van der Waals surface area contributed by atoms with Crippen LogP contribution in [0.5, 0.6) is 11.5 Å². The third-order valence-electron chi connectivity index (χ3n) is 5.71. The van der Waals surface area contributed by atoms with Gasteiger partial charge in [0.25, 0.3) is 0 Å². The fourth-order valence-electron chi connectivity index (χ4n) is 4.12. The first kappa shape index (κ1) is 18.6. The lowest BCUT2D eigenvalue weighted by atomic mass is 10.0. The molecule has 1 aromatic heterocycles. The molecule has 4 rings (SSSR count). The summed E-state index contributed by atoms with van der Waals surface area (Å²) in [7, 11) is 3.79. The van der Waals surface area contributed by atoms with E-state index < -0.39 is 0 Å².